The Labute approximate surface area is 111 Å². The van der Waals surface area contributed by atoms with E-state index in [0.29, 0.717) is 0 Å². The lowest BCUT2D eigenvalue weighted by molar-refractivity contribution is -0.904. The summed E-state index contributed by atoms with van der Waals surface area (Å²) in [4.78, 5) is 0. The molecule has 0 aromatic heterocycles. The lowest BCUT2D eigenvalue weighted by atomic mass is 10.1. The molecule has 0 aromatic carbocycles. The van der Waals surface area contributed by atoms with E-state index in [9.17, 15) is 13.2 Å². The first-order chi connectivity index (χ1) is 6.36. The molecule has 0 aliphatic carbocycles. The summed E-state index contributed by atoms with van der Waals surface area (Å²) in [7, 11) is 2.99. The van der Waals surface area contributed by atoms with E-state index in [-0.39, 0.29) is 23.4 Å². The molecule has 0 spiro atoms. The third kappa shape index (κ3) is 7.79. The van der Waals surface area contributed by atoms with E-state index in [2.05, 4.69) is 0 Å². The molecule has 16 heavy (non-hydrogen) atoms. The molecule has 0 unspecified atom stereocenters. The van der Waals surface area contributed by atoms with Crippen LogP contribution in [-0.4, -0.2) is 47.3 Å². The van der Waals surface area contributed by atoms with Gasteiger partial charge in [0.1, 0.15) is 0 Å². The van der Waals surface area contributed by atoms with Crippen molar-refractivity contribution >= 4 is 23.6 Å². The Balaban J connectivity index is 0. The van der Waals surface area contributed by atoms with Crippen molar-refractivity contribution < 1.29 is 30.1 Å². The van der Waals surface area contributed by atoms with Gasteiger partial charge in [0.2, 0.25) is 0 Å². The van der Waals surface area contributed by atoms with Crippen molar-refractivity contribution in [2.24, 2.45) is 0 Å². The SMILES string of the molecule is CC(C)(C[N+](C)(C)CC(F)(F)F)N(Cl)Cl.[Cl-]. The molecule has 0 atom stereocenters. The number of rotatable bonds is 4. The predicted octanol–water partition coefficient (Wildman–Crippen LogP) is 0.0173. The van der Waals surface area contributed by atoms with E-state index in [1.807, 2.05) is 0 Å². The largest absolute Gasteiger partial charge is 1.00 e. The summed E-state index contributed by atoms with van der Waals surface area (Å²) in [6, 6.07) is 0. The second-order valence-corrected chi connectivity index (χ2v) is 5.76. The average molecular weight is 304 g/mol. The van der Waals surface area contributed by atoms with Crippen LogP contribution in [0.25, 0.3) is 0 Å². The van der Waals surface area contributed by atoms with Crippen LogP contribution >= 0.6 is 23.6 Å². The van der Waals surface area contributed by atoms with Gasteiger partial charge in [-0.25, -0.2) is 0 Å². The topological polar surface area (TPSA) is 3.24 Å². The van der Waals surface area contributed by atoms with E-state index < -0.39 is 18.3 Å². The fraction of sp³-hybridized carbons (Fsp3) is 1.00. The first-order valence-electron chi connectivity index (χ1n) is 4.36. The van der Waals surface area contributed by atoms with Crippen LogP contribution in [0.5, 0.6) is 0 Å². The molecule has 2 nitrogen and oxygen atoms in total. The molecule has 0 aromatic rings. The van der Waals surface area contributed by atoms with Gasteiger partial charge in [-0.15, -0.1) is 3.94 Å². The van der Waals surface area contributed by atoms with Gasteiger partial charge in [0.15, 0.2) is 6.54 Å². The zero-order valence-electron chi connectivity index (χ0n) is 9.58. The maximum Gasteiger partial charge on any atom is 0.438 e. The lowest BCUT2D eigenvalue weighted by Crippen LogP contribution is -3.00. The molecule has 0 rings (SSSR count). The molecule has 0 radical (unpaired) electrons. The maximum atomic E-state index is 12.2. The monoisotopic (exact) mass is 302 g/mol. The van der Waals surface area contributed by atoms with Crippen molar-refractivity contribution in [3.8, 4) is 0 Å². The van der Waals surface area contributed by atoms with Gasteiger partial charge in [-0.3, -0.25) is 0 Å². The third-order valence-corrected chi connectivity index (χ3v) is 2.80. The minimum atomic E-state index is -4.19. The summed E-state index contributed by atoms with van der Waals surface area (Å²) in [6.45, 7) is 2.66. The molecule has 0 N–H and O–H groups in total. The van der Waals surface area contributed by atoms with Gasteiger partial charge in [-0.1, -0.05) is 0 Å². The number of nitrogens with zero attached hydrogens (tertiary/aromatic N) is 2. The Kier molecular flexibility index (Phi) is 7.05. The molecule has 0 aliphatic heterocycles. The van der Waals surface area contributed by atoms with Gasteiger partial charge >= 0.3 is 6.18 Å². The number of hydrogen-bond acceptors (Lipinski definition) is 1. The smallest absolute Gasteiger partial charge is 0.438 e. The summed E-state index contributed by atoms with van der Waals surface area (Å²) in [6.07, 6.45) is -4.19. The van der Waals surface area contributed by atoms with Gasteiger partial charge in [0, 0.05) is 0 Å². The van der Waals surface area contributed by atoms with E-state index in [1.54, 1.807) is 13.8 Å². The van der Waals surface area contributed by atoms with Crippen LogP contribution in [0.4, 0.5) is 13.2 Å². The molecule has 0 saturated heterocycles. The number of alkyl halides is 3. The molecule has 8 heteroatoms. The highest BCUT2D eigenvalue weighted by Crippen LogP contribution is 2.26. The lowest BCUT2D eigenvalue weighted by Gasteiger charge is -2.38. The van der Waals surface area contributed by atoms with Crippen LogP contribution in [-0.2, 0) is 0 Å². The first kappa shape index (κ1) is 18.9. The normalized spacial score (nSPS) is 13.9. The first-order valence-corrected chi connectivity index (χ1v) is 5.04. The van der Waals surface area contributed by atoms with E-state index in [4.69, 9.17) is 23.6 Å². The van der Waals surface area contributed by atoms with Gasteiger partial charge in [-0.05, 0) is 37.4 Å². The van der Waals surface area contributed by atoms with Crippen molar-refractivity contribution in [2.75, 3.05) is 27.2 Å². The van der Waals surface area contributed by atoms with Gasteiger partial charge in [-0.2, -0.15) is 13.2 Å². The fourth-order valence-corrected chi connectivity index (χ4v) is 1.75. The number of hydrogen-bond donors (Lipinski definition) is 0. The standard InChI is InChI=1S/C8H16Cl2F3N2.ClH/c1-7(2,14(9)10)5-15(3,4)6-8(11,12)13;/h5-6H2,1-4H3;1H/q+1;/p-1. The predicted molar refractivity (Wildman–Crippen MR) is 55.5 cm³/mol. The van der Waals surface area contributed by atoms with Crippen molar-refractivity contribution in [1.29, 1.82) is 0 Å². The van der Waals surface area contributed by atoms with E-state index >= 15 is 0 Å². The summed E-state index contributed by atoms with van der Waals surface area (Å²) >= 11 is 11.1. The average Bonchev–Trinajstić information content (AvgIpc) is 1.75. The van der Waals surface area contributed by atoms with Crippen molar-refractivity contribution in [3.63, 3.8) is 0 Å². The van der Waals surface area contributed by atoms with Crippen molar-refractivity contribution in [1.82, 2.24) is 3.94 Å². The molecule has 0 heterocycles. The number of quaternary nitrogens is 1. The molecule has 0 fully saturated rings. The Bertz CT molecular complexity index is 217. The molecule has 0 amide bonds. The zero-order chi connectivity index (χ0) is 12.5. The van der Waals surface area contributed by atoms with Crippen LogP contribution in [0.1, 0.15) is 13.8 Å². The highest BCUT2D eigenvalue weighted by molar-refractivity contribution is 6.34. The second kappa shape index (κ2) is 5.96. The molecule has 0 aliphatic rings. The molecule has 0 saturated carbocycles. The van der Waals surface area contributed by atoms with Gasteiger partial charge < -0.3 is 16.9 Å². The van der Waals surface area contributed by atoms with Crippen molar-refractivity contribution in [3.05, 3.63) is 0 Å². The highest BCUT2D eigenvalue weighted by atomic mass is 35.5. The minimum Gasteiger partial charge on any atom is -1.00 e. The Morgan fingerprint density at radius 3 is 1.69 bits per heavy atom. The Morgan fingerprint density at radius 2 is 1.44 bits per heavy atom. The van der Waals surface area contributed by atoms with Crippen LogP contribution in [0.2, 0.25) is 0 Å². The van der Waals surface area contributed by atoms with Crippen LogP contribution in [0.3, 0.4) is 0 Å². The van der Waals surface area contributed by atoms with Crippen LogP contribution in [0, 0.1) is 0 Å². The molecule has 100 valence electrons. The third-order valence-electron chi connectivity index (χ3n) is 1.88. The zero-order valence-corrected chi connectivity index (χ0v) is 11.8. The van der Waals surface area contributed by atoms with E-state index in [1.165, 1.54) is 14.1 Å². The number of likely N-dealkylation sites (N-methyl/N-ethyl adjacent to an activating group) is 1. The summed E-state index contributed by atoms with van der Waals surface area (Å²) in [5.74, 6) is 0. The van der Waals surface area contributed by atoms with Crippen molar-refractivity contribution in [2.45, 2.75) is 25.6 Å². The van der Waals surface area contributed by atoms with E-state index in [0.717, 1.165) is 3.94 Å². The molecular formula is C8H16Cl3F3N2. The summed E-state index contributed by atoms with van der Waals surface area (Å²) in [5.41, 5.74) is -0.710. The van der Waals surface area contributed by atoms with Gasteiger partial charge in [0.25, 0.3) is 0 Å². The minimum absolute atomic E-state index is 0. The number of halogens is 6. The maximum absolute atomic E-state index is 12.2. The molecular weight excluding hydrogens is 287 g/mol. The summed E-state index contributed by atoms with van der Waals surface area (Å²) < 4.78 is 37.4. The fourth-order valence-electron chi connectivity index (χ4n) is 1.64. The molecule has 0 bridgehead atoms. The van der Waals surface area contributed by atoms with Crippen LogP contribution in [0.15, 0.2) is 0 Å². The van der Waals surface area contributed by atoms with Gasteiger partial charge in [0.05, 0.1) is 26.2 Å². The Hall–Kier alpha value is 0.580. The second-order valence-electron chi connectivity index (χ2n) is 4.91. The van der Waals surface area contributed by atoms with Crippen LogP contribution < -0.4 is 12.4 Å². The Morgan fingerprint density at radius 1 is 1.06 bits per heavy atom. The summed E-state index contributed by atoms with van der Waals surface area (Å²) in [5, 5.41) is 0. The quantitative estimate of drug-likeness (QED) is 0.523. The highest BCUT2D eigenvalue weighted by Gasteiger charge is 2.41.